The minimum Gasteiger partial charge on any atom is -0.465 e. The predicted octanol–water partition coefficient (Wildman–Crippen LogP) is 2.24. The Bertz CT molecular complexity index is 556. The van der Waals surface area contributed by atoms with Crippen LogP contribution >= 0.6 is 0 Å². The van der Waals surface area contributed by atoms with Crippen LogP contribution < -0.4 is 10.2 Å². The number of ether oxygens (including phenoxy) is 1. The Kier molecular flexibility index (Phi) is 6.34. The number of rotatable bonds is 7. The van der Waals surface area contributed by atoms with Crippen molar-refractivity contribution in [2.75, 3.05) is 31.1 Å². The van der Waals surface area contributed by atoms with Crippen molar-refractivity contribution in [1.82, 2.24) is 5.32 Å². The Balaban J connectivity index is 2.07. The number of hydrogen-bond acceptors (Lipinski definition) is 6. The van der Waals surface area contributed by atoms with E-state index in [1.165, 1.54) is 6.42 Å². The van der Waals surface area contributed by atoms with Gasteiger partial charge >= 0.3 is 5.97 Å². The van der Waals surface area contributed by atoms with E-state index in [2.05, 4.69) is 10.2 Å². The maximum atomic E-state index is 11.3. The van der Waals surface area contributed by atoms with Crippen molar-refractivity contribution < 1.29 is 14.5 Å². The van der Waals surface area contributed by atoms with Crippen LogP contribution in [0.1, 0.15) is 31.7 Å². The molecule has 1 heterocycles. The van der Waals surface area contributed by atoms with Crippen LogP contribution in [0.15, 0.2) is 18.2 Å². The SMILES string of the molecule is CCOC(=O)CNCc1cc(N2CCCCC2)ccc1[N+](=O)[O-]. The van der Waals surface area contributed by atoms with Gasteiger partial charge in [0.25, 0.3) is 5.69 Å². The van der Waals surface area contributed by atoms with E-state index < -0.39 is 0 Å². The Labute approximate surface area is 135 Å². The summed E-state index contributed by atoms with van der Waals surface area (Å²) < 4.78 is 4.83. The zero-order valence-electron chi connectivity index (χ0n) is 13.4. The number of anilines is 1. The predicted molar refractivity (Wildman–Crippen MR) is 87.5 cm³/mol. The van der Waals surface area contributed by atoms with E-state index in [9.17, 15) is 14.9 Å². The molecule has 0 atom stereocenters. The zero-order chi connectivity index (χ0) is 16.7. The van der Waals surface area contributed by atoms with Crippen molar-refractivity contribution in [3.05, 3.63) is 33.9 Å². The van der Waals surface area contributed by atoms with Crippen molar-refractivity contribution in [2.24, 2.45) is 0 Å². The van der Waals surface area contributed by atoms with Gasteiger partial charge < -0.3 is 15.0 Å². The van der Waals surface area contributed by atoms with E-state index >= 15 is 0 Å². The minimum absolute atomic E-state index is 0.0406. The number of benzene rings is 1. The number of piperidine rings is 1. The second-order valence-electron chi connectivity index (χ2n) is 5.53. The lowest BCUT2D eigenvalue weighted by atomic mass is 10.1. The molecule has 0 amide bonds. The van der Waals surface area contributed by atoms with Gasteiger partial charge in [-0.1, -0.05) is 0 Å². The average molecular weight is 321 g/mol. The maximum absolute atomic E-state index is 11.3. The van der Waals surface area contributed by atoms with Gasteiger partial charge in [0.05, 0.1) is 18.1 Å². The van der Waals surface area contributed by atoms with Gasteiger partial charge in [-0.05, 0) is 38.3 Å². The van der Waals surface area contributed by atoms with E-state index in [0.717, 1.165) is 31.6 Å². The zero-order valence-corrected chi connectivity index (χ0v) is 13.4. The average Bonchev–Trinajstić information content (AvgIpc) is 2.55. The molecular formula is C16H23N3O4. The molecule has 1 fully saturated rings. The maximum Gasteiger partial charge on any atom is 0.319 e. The third kappa shape index (κ3) is 4.92. The smallest absolute Gasteiger partial charge is 0.319 e. The van der Waals surface area contributed by atoms with Gasteiger partial charge in [0, 0.05) is 37.0 Å². The first-order valence-electron chi connectivity index (χ1n) is 8.00. The lowest BCUT2D eigenvalue weighted by Crippen LogP contribution is -2.29. The first-order chi connectivity index (χ1) is 11.1. The minimum atomic E-state index is -0.388. The van der Waals surface area contributed by atoms with Crippen LogP contribution in [0.4, 0.5) is 11.4 Å². The van der Waals surface area contributed by atoms with Gasteiger partial charge in [-0.3, -0.25) is 14.9 Å². The number of carbonyl (C=O) groups is 1. The number of nitrogens with one attached hydrogen (secondary N) is 1. The highest BCUT2D eigenvalue weighted by Crippen LogP contribution is 2.27. The van der Waals surface area contributed by atoms with Crippen molar-refractivity contribution in [1.29, 1.82) is 0 Å². The van der Waals surface area contributed by atoms with Gasteiger partial charge in [-0.15, -0.1) is 0 Å². The molecule has 2 rings (SSSR count). The number of hydrogen-bond donors (Lipinski definition) is 1. The highest BCUT2D eigenvalue weighted by atomic mass is 16.6. The summed E-state index contributed by atoms with van der Waals surface area (Å²) in [5, 5.41) is 14.1. The van der Waals surface area contributed by atoms with Crippen LogP contribution in [0, 0.1) is 10.1 Å². The fourth-order valence-corrected chi connectivity index (χ4v) is 2.75. The summed E-state index contributed by atoms with van der Waals surface area (Å²) in [7, 11) is 0. The second kappa shape index (κ2) is 8.47. The summed E-state index contributed by atoms with van der Waals surface area (Å²) in [4.78, 5) is 24.4. The summed E-state index contributed by atoms with van der Waals surface area (Å²) in [5.41, 5.74) is 1.66. The molecule has 1 saturated heterocycles. The molecule has 0 spiro atoms. The van der Waals surface area contributed by atoms with Crippen LogP contribution in [0.5, 0.6) is 0 Å². The Morgan fingerprint density at radius 3 is 2.74 bits per heavy atom. The molecule has 1 N–H and O–H groups in total. The largest absolute Gasteiger partial charge is 0.465 e. The molecule has 0 bridgehead atoms. The van der Waals surface area contributed by atoms with Crippen LogP contribution in [-0.4, -0.2) is 37.1 Å². The van der Waals surface area contributed by atoms with Crippen molar-refractivity contribution in [3.63, 3.8) is 0 Å². The van der Waals surface area contributed by atoms with E-state index in [1.54, 1.807) is 19.1 Å². The van der Waals surface area contributed by atoms with E-state index in [4.69, 9.17) is 4.74 Å². The number of nitro groups is 1. The Hall–Kier alpha value is -2.15. The molecule has 1 aliphatic rings. The van der Waals surface area contributed by atoms with E-state index in [1.807, 2.05) is 6.07 Å². The van der Waals surface area contributed by atoms with Crippen molar-refractivity contribution in [2.45, 2.75) is 32.7 Å². The number of nitrogens with zero attached hydrogens (tertiary/aromatic N) is 2. The first-order valence-corrected chi connectivity index (χ1v) is 8.00. The summed E-state index contributed by atoms with van der Waals surface area (Å²) in [6.45, 7) is 4.33. The topological polar surface area (TPSA) is 84.7 Å². The quantitative estimate of drug-likeness (QED) is 0.471. The van der Waals surface area contributed by atoms with Crippen molar-refractivity contribution in [3.8, 4) is 0 Å². The van der Waals surface area contributed by atoms with Gasteiger partial charge in [0.15, 0.2) is 0 Å². The highest BCUT2D eigenvalue weighted by Gasteiger charge is 2.18. The molecule has 23 heavy (non-hydrogen) atoms. The van der Waals surface area contributed by atoms with Crippen molar-refractivity contribution >= 4 is 17.3 Å². The molecule has 1 aromatic carbocycles. The van der Waals surface area contributed by atoms with Crippen LogP contribution in [0.2, 0.25) is 0 Å². The molecule has 7 heteroatoms. The molecule has 0 radical (unpaired) electrons. The summed E-state index contributed by atoms with van der Waals surface area (Å²) >= 11 is 0. The lowest BCUT2D eigenvalue weighted by Gasteiger charge is -2.29. The Morgan fingerprint density at radius 2 is 2.09 bits per heavy atom. The molecular weight excluding hydrogens is 298 g/mol. The molecule has 126 valence electrons. The van der Waals surface area contributed by atoms with Gasteiger partial charge in [0.1, 0.15) is 0 Å². The monoisotopic (exact) mass is 321 g/mol. The molecule has 1 aliphatic heterocycles. The van der Waals surface area contributed by atoms with Gasteiger partial charge in [0.2, 0.25) is 0 Å². The summed E-state index contributed by atoms with van der Waals surface area (Å²) in [5.74, 6) is -0.359. The van der Waals surface area contributed by atoms with Crippen LogP contribution in [0.3, 0.4) is 0 Å². The Morgan fingerprint density at radius 1 is 1.35 bits per heavy atom. The van der Waals surface area contributed by atoms with E-state index in [0.29, 0.717) is 12.2 Å². The van der Waals surface area contributed by atoms with Gasteiger partial charge in [-0.25, -0.2) is 0 Å². The third-order valence-electron chi connectivity index (χ3n) is 3.87. The standard InChI is InChI=1S/C16H23N3O4/c1-2-23-16(20)12-17-11-13-10-14(6-7-15(13)19(21)22)18-8-4-3-5-9-18/h6-7,10,17H,2-5,8-9,11-12H2,1H3. The molecule has 0 saturated carbocycles. The summed E-state index contributed by atoms with van der Waals surface area (Å²) in [6.07, 6.45) is 3.53. The molecule has 0 unspecified atom stereocenters. The fourth-order valence-electron chi connectivity index (χ4n) is 2.75. The number of nitro benzene ring substituents is 1. The second-order valence-corrected chi connectivity index (χ2v) is 5.53. The molecule has 0 aromatic heterocycles. The highest BCUT2D eigenvalue weighted by molar-refractivity contribution is 5.71. The summed E-state index contributed by atoms with van der Waals surface area (Å²) in [6, 6.07) is 5.20. The normalized spacial score (nSPS) is 14.6. The number of carbonyl (C=O) groups excluding carboxylic acids is 1. The molecule has 1 aromatic rings. The number of esters is 1. The van der Waals surface area contributed by atoms with Gasteiger partial charge in [-0.2, -0.15) is 0 Å². The lowest BCUT2D eigenvalue weighted by molar-refractivity contribution is -0.385. The third-order valence-corrected chi connectivity index (χ3v) is 3.87. The van der Waals surface area contributed by atoms with E-state index in [-0.39, 0.29) is 29.7 Å². The first kappa shape index (κ1) is 17.2. The fraction of sp³-hybridized carbons (Fsp3) is 0.562. The molecule has 7 nitrogen and oxygen atoms in total. The molecule has 0 aliphatic carbocycles. The van der Waals surface area contributed by atoms with Crippen LogP contribution in [-0.2, 0) is 16.1 Å². The van der Waals surface area contributed by atoms with Crippen LogP contribution in [0.25, 0.3) is 0 Å².